The molecule has 0 saturated carbocycles. The van der Waals surface area contributed by atoms with Gasteiger partial charge in [0.15, 0.2) is 10.7 Å². The summed E-state index contributed by atoms with van der Waals surface area (Å²) in [4.78, 5) is 11.2. The first-order valence-electron chi connectivity index (χ1n) is 7.80. The van der Waals surface area contributed by atoms with E-state index in [4.69, 9.17) is 8.94 Å². The molecule has 2 aromatic heterocycles. The predicted octanol–water partition coefficient (Wildman–Crippen LogP) is 2.23. The topological polar surface area (TPSA) is 114 Å². The van der Waals surface area contributed by atoms with Gasteiger partial charge in [-0.25, -0.2) is 8.42 Å². The molecule has 9 heteroatoms. The zero-order chi connectivity index (χ0) is 18.0. The number of furan rings is 1. The van der Waals surface area contributed by atoms with Crippen molar-refractivity contribution in [2.24, 2.45) is 5.92 Å². The van der Waals surface area contributed by atoms with Gasteiger partial charge >= 0.3 is 5.97 Å². The summed E-state index contributed by atoms with van der Waals surface area (Å²) in [6.45, 7) is 1.76. The average molecular weight is 366 g/mol. The van der Waals surface area contributed by atoms with Crippen LogP contribution in [0.15, 0.2) is 32.2 Å². The van der Waals surface area contributed by atoms with Crippen LogP contribution in [0.5, 0.6) is 0 Å². The monoisotopic (exact) mass is 366 g/mol. The van der Waals surface area contributed by atoms with E-state index in [1.165, 1.54) is 16.6 Å². The lowest BCUT2D eigenvalue weighted by atomic mass is 10.0. The van der Waals surface area contributed by atoms with E-state index in [1.807, 2.05) is 0 Å². The lowest BCUT2D eigenvalue weighted by molar-refractivity contribution is -0.142. The Morgan fingerprint density at radius 3 is 2.92 bits per heavy atom. The molecule has 0 amide bonds. The molecule has 134 valence electrons. The molecule has 3 rings (SSSR count). The zero-order valence-corrected chi connectivity index (χ0v) is 14.4. The molecule has 1 aliphatic rings. The summed E-state index contributed by atoms with van der Waals surface area (Å²) in [6, 6.07) is 3.43. The van der Waals surface area contributed by atoms with Crippen LogP contribution >= 0.6 is 0 Å². The van der Waals surface area contributed by atoms with E-state index < -0.39 is 21.9 Å². The van der Waals surface area contributed by atoms with Crippen molar-refractivity contribution in [2.75, 3.05) is 13.1 Å². The van der Waals surface area contributed by atoms with Crippen molar-refractivity contribution in [3.8, 4) is 0 Å². The number of sulfonamides is 1. The summed E-state index contributed by atoms with van der Waals surface area (Å²) >= 11 is 0. The van der Waals surface area contributed by atoms with Gasteiger partial charge in [-0.15, -0.1) is 0 Å². The van der Waals surface area contributed by atoms with Crippen LogP contribution in [-0.4, -0.2) is 42.0 Å². The highest BCUT2D eigenvalue weighted by Crippen LogP contribution is 2.29. The van der Waals surface area contributed by atoms with Crippen molar-refractivity contribution >= 4 is 28.1 Å². The molecule has 25 heavy (non-hydrogen) atoms. The molecule has 0 aliphatic carbocycles. The quantitative estimate of drug-likeness (QED) is 0.863. The molecule has 0 aromatic carbocycles. The van der Waals surface area contributed by atoms with Crippen molar-refractivity contribution in [1.82, 2.24) is 9.46 Å². The number of aryl methyl sites for hydroxylation is 1. The Labute approximate surface area is 144 Å². The van der Waals surface area contributed by atoms with Crippen molar-refractivity contribution in [3.05, 3.63) is 35.6 Å². The van der Waals surface area contributed by atoms with Crippen LogP contribution in [0.1, 0.15) is 30.1 Å². The van der Waals surface area contributed by atoms with Crippen molar-refractivity contribution in [3.63, 3.8) is 0 Å². The number of hydrogen-bond acceptors (Lipinski definition) is 6. The predicted molar refractivity (Wildman–Crippen MR) is 88.0 cm³/mol. The number of carboxylic acid groups (broad SMARTS) is 1. The fourth-order valence-electron chi connectivity index (χ4n) is 2.83. The van der Waals surface area contributed by atoms with Crippen LogP contribution in [0, 0.1) is 12.8 Å². The Bertz CT molecular complexity index is 882. The third-order valence-electron chi connectivity index (χ3n) is 4.11. The van der Waals surface area contributed by atoms with Gasteiger partial charge in [0.1, 0.15) is 11.5 Å². The molecule has 1 aliphatic heterocycles. The number of hydrogen-bond donors (Lipinski definition) is 1. The molecule has 0 unspecified atom stereocenters. The van der Waals surface area contributed by atoms with Crippen LogP contribution in [-0.2, 0) is 14.8 Å². The lowest BCUT2D eigenvalue weighted by Crippen LogP contribution is -2.42. The number of carbonyl (C=O) groups is 1. The number of nitrogens with zero attached hydrogens (tertiary/aromatic N) is 2. The molecular formula is C16H18N2O6S. The minimum atomic E-state index is -3.91. The van der Waals surface area contributed by atoms with Crippen molar-refractivity contribution in [2.45, 2.75) is 24.7 Å². The third-order valence-corrected chi connectivity index (χ3v) is 6.13. The minimum absolute atomic E-state index is 0.0404. The first kappa shape index (κ1) is 17.4. The molecule has 2 aromatic rings. The largest absolute Gasteiger partial charge is 0.481 e. The lowest BCUT2D eigenvalue weighted by Gasteiger charge is -2.29. The van der Waals surface area contributed by atoms with Crippen LogP contribution in [0.25, 0.3) is 12.2 Å². The first-order chi connectivity index (χ1) is 11.9. The van der Waals surface area contributed by atoms with Crippen molar-refractivity contribution < 1.29 is 27.3 Å². The van der Waals surface area contributed by atoms with Gasteiger partial charge in [-0.3, -0.25) is 4.79 Å². The Morgan fingerprint density at radius 1 is 1.44 bits per heavy atom. The van der Waals surface area contributed by atoms with E-state index in [9.17, 15) is 18.3 Å². The van der Waals surface area contributed by atoms with Crippen LogP contribution in [0.4, 0.5) is 0 Å². The first-order valence-corrected chi connectivity index (χ1v) is 9.24. The Balaban J connectivity index is 1.92. The molecule has 0 bridgehead atoms. The van der Waals surface area contributed by atoms with E-state index in [0.29, 0.717) is 18.6 Å². The maximum Gasteiger partial charge on any atom is 0.307 e. The molecule has 1 N–H and O–H groups in total. The maximum absolute atomic E-state index is 13.0. The van der Waals surface area contributed by atoms with Crippen LogP contribution in [0.2, 0.25) is 0 Å². The SMILES string of the molecule is Cc1noc(/C=C/c2ccco2)c1S(=O)(=O)N1CCC[C@@H](C(=O)O)C1. The van der Waals surface area contributed by atoms with Gasteiger partial charge in [-0.05, 0) is 44.1 Å². The summed E-state index contributed by atoms with van der Waals surface area (Å²) in [6.07, 6.45) is 5.52. The smallest absolute Gasteiger partial charge is 0.307 e. The molecular weight excluding hydrogens is 348 g/mol. The van der Waals surface area contributed by atoms with Gasteiger partial charge in [0, 0.05) is 13.1 Å². The second kappa shape index (κ2) is 6.85. The molecule has 0 spiro atoms. The second-order valence-corrected chi connectivity index (χ2v) is 7.73. The van der Waals surface area contributed by atoms with Gasteiger partial charge in [-0.2, -0.15) is 4.31 Å². The van der Waals surface area contributed by atoms with E-state index in [0.717, 1.165) is 0 Å². The highest BCUT2D eigenvalue weighted by molar-refractivity contribution is 7.89. The van der Waals surface area contributed by atoms with Gasteiger partial charge in [0.25, 0.3) is 0 Å². The van der Waals surface area contributed by atoms with Crippen LogP contribution in [0.3, 0.4) is 0 Å². The van der Waals surface area contributed by atoms with E-state index in [2.05, 4.69) is 5.16 Å². The standard InChI is InChI=1S/C16H18N2O6S/c1-11-15(14(24-17-11)7-6-13-5-3-9-23-13)25(21,22)18-8-2-4-12(10-18)16(19)20/h3,5-7,9,12H,2,4,8,10H2,1H3,(H,19,20)/b7-6+/t12-/m1/s1. The van der Waals surface area contributed by atoms with Crippen molar-refractivity contribution in [1.29, 1.82) is 0 Å². The minimum Gasteiger partial charge on any atom is -0.481 e. The maximum atomic E-state index is 13.0. The summed E-state index contributed by atoms with van der Waals surface area (Å²) in [5.41, 5.74) is 0.233. The summed E-state index contributed by atoms with van der Waals surface area (Å²) in [7, 11) is -3.91. The van der Waals surface area contributed by atoms with E-state index in [1.54, 1.807) is 25.1 Å². The highest BCUT2D eigenvalue weighted by Gasteiger charge is 2.36. The summed E-state index contributed by atoms with van der Waals surface area (Å²) in [5.74, 6) is -1.06. The average Bonchev–Trinajstić information content (AvgIpc) is 3.22. The molecule has 1 saturated heterocycles. The Morgan fingerprint density at radius 2 is 2.24 bits per heavy atom. The second-order valence-electron chi connectivity index (χ2n) is 5.85. The third kappa shape index (κ3) is 3.52. The highest BCUT2D eigenvalue weighted by atomic mass is 32.2. The fourth-order valence-corrected chi connectivity index (χ4v) is 4.61. The molecule has 1 atom stereocenters. The summed E-state index contributed by atoms with van der Waals surface area (Å²) in [5, 5.41) is 12.9. The van der Waals surface area contributed by atoms with Gasteiger partial charge < -0.3 is 14.0 Å². The number of aromatic nitrogens is 1. The van der Waals surface area contributed by atoms with Gasteiger partial charge in [-0.1, -0.05) is 5.16 Å². The molecule has 1 fully saturated rings. The van der Waals surface area contributed by atoms with E-state index >= 15 is 0 Å². The zero-order valence-electron chi connectivity index (χ0n) is 13.6. The number of piperidine rings is 1. The Kier molecular flexibility index (Phi) is 4.78. The van der Waals surface area contributed by atoms with Gasteiger partial charge in [0.05, 0.1) is 12.2 Å². The number of rotatable bonds is 5. The normalized spacial score (nSPS) is 19.5. The fraction of sp³-hybridized carbons (Fsp3) is 0.375. The Hall–Kier alpha value is -2.39. The van der Waals surface area contributed by atoms with Gasteiger partial charge in [0.2, 0.25) is 10.0 Å². The summed E-state index contributed by atoms with van der Waals surface area (Å²) < 4.78 is 37.5. The number of carboxylic acids is 1. The molecule has 8 nitrogen and oxygen atoms in total. The van der Waals surface area contributed by atoms with Crippen LogP contribution < -0.4 is 0 Å². The molecule has 3 heterocycles. The molecule has 0 radical (unpaired) electrons. The van der Waals surface area contributed by atoms with E-state index in [-0.39, 0.29) is 29.4 Å². The number of aliphatic carboxylic acids is 1.